The number of aliphatic carboxylic acids is 1. The van der Waals surface area contributed by atoms with Gasteiger partial charge in [-0.2, -0.15) is 0 Å². The number of hydrogen-bond acceptors (Lipinski definition) is 3. The Kier molecular flexibility index (Phi) is 4.16. The van der Waals surface area contributed by atoms with Crippen LogP contribution in [0.15, 0.2) is 48.5 Å². The van der Waals surface area contributed by atoms with Crippen molar-refractivity contribution in [3.05, 3.63) is 60.2 Å². The third-order valence-electron chi connectivity index (χ3n) is 4.53. The second-order valence-corrected chi connectivity index (χ2v) is 6.35. The molecule has 0 fully saturated rings. The van der Waals surface area contributed by atoms with Gasteiger partial charge in [0.2, 0.25) is 0 Å². The number of para-hydroxylation sites is 4. The molecule has 4 aromatic rings. The average Bonchev–Trinajstić information content (AvgIpc) is 3.14. The molecular weight excluding hydrogens is 328 g/mol. The Balaban J connectivity index is 1.86. The number of carboxylic acid groups (broad SMARTS) is 1. The molecule has 0 atom stereocenters. The molecule has 0 bridgehead atoms. The van der Waals surface area contributed by atoms with Crippen LogP contribution in [0.2, 0.25) is 0 Å². The molecule has 0 unspecified atom stereocenters. The minimum absolute atomic E-state index is 0.106. The first kappa shape index (κ1) is 16.3. The lowest BCUT2D eigenvalue weighted by atomic mass is 10.3. The van der Waals surface area contributed by atoms with Gasteiger partial charge in [0.05, 0.1) is 28.6 Å². The number of nitrogens with zero attached hydrogens (tertiary/aromatic N) is 4. The lowest BCUT2D eigenvalue weighted by Crippen LogP contribution is -2.15. The van der Waals surface area contributed by atoms with Crippen LogP contribution in [0, 0.1) is 0 Å². The lowest BCUT2D eigenvalue weighted by Gasteiger charge is -2.11. The van der Waals surface area contributed by atoms with Gasteiger partial charge in [-0.25, -0.2) is 9.97 Å². The van der Waals surface area contributed by atoms with E-state index in [9.17, 15) is 9.90 Å². The van der Waals surface area contributed by atoms with E-state index in [4.69, 9.17) is 9.97 Å². The molecule has 0 aliphatic rings. The lowest BCUT2D eigenvalue weighted by molar-refractivity contribution is -0.137. The zero-order chi connectivity index (χ0) is 18.1. The smallest absolute Gasteiger partial charge is 0.323 e. The van der Waals surface area contributed by atoms with Crippen molar-refractivity contribution in [3.63, 3.8) is 0 Å². The summed E-state index contributed by atoms with van der Waals surface area (Å²) in [4.78, 5) is 20.8. The molecule has 0 amide bonds. The Labute approximate surface area is 150 Å². The molecule has 6 nitrogen and oxygen atoms in total. The quantitative estimate of drug-likeness (QED) is 0.579. The molecule has 2 heterocycles. The van der Waals surface area contributed by atoms with Gasteiger partial charge < -0.3 is 14.2 Å². The van der Waals surface area contributed by atoms with Gasteiger partial charge in [-0.1, -0.05) is 31.2 Å². The van der Waals surface area contributed by atoms with E-state index in [0.29, 0.717) is 6.54 Å². The highest BCUT2D eigenvalue weighted by molar-refractivity contribution is 5.79. The molecule has 0 aliphatic carbocycles. The molecule has 0 aliphatic heterocycles. The first-order valence-corrected chi connectivity index (χ1v) is 8.77. The van der Waals surface area contributed by atoms with E-state index in [1.807, 2.05) is 48.5 Å². The number of rotatable bonds is 6. The van der Waals surface area contributed by atoms with E-state index in [1.54, 1.807) is 4.57 Å². The Bertz CT molecular complexity index is 1090. The maximum absolute atomic E-state index is 11.4. The molecule has 2 aromatic carbocycles. The molecule has 0 radical (unpaired) electrons. The van der Waals surface area contributed by atoms with Crippen LogP contribution in [-0.2, 0) is 24.3 Å². The van der Waals surface area contributed by atoms with E-state index in [-0.39, 0.29) is 6.54 Å². The maximum atomic E-state index is 11.4. The van der Waals surface area contributed by atoms with Crippen LogP contribution in [0.25, 0.3) is 22.1 Å². The minimum atomic E-state index is -0.876. The predicted molar refractivity (Wildman–Crippen MR) is 100 cm³/mol. The molecule has 1 N–H and O–H groups in total. The molecular formula is C20H20N4O2. The van der Waals surface area contributed by atoms with Crippen molar-refractivity contribution >= 4 is 28.0 Å². The van der Waals surface area contributed by atoms with Crippen LogP contribution in [0.3, 0.4) is 0 Å². The fourth-order valence-electron chi connectivity index (χ4n) is 3.42. The Morgan fingerprint density at radius 3 is 2.12 bits per heavy atom. The molecule has 2 aromatic heterocycles. The fraction of sp³-hybridized carbons (Fsp3) is 0.250. The Morgan fingerprint density at radius 1 is 0.923 bits per heavy atom. The van der Waals surface area contributed by atoms with Gasteiger partial charge in [-0.05, 0) is 30.7 Å². The summed E-state index contributed by atoms with van der Waals surface area (Å²) < 4.78 is 3.93. The number of imidazole rings is 2. The van der Waals surface area contributed by atoms with Crippen molar-refractivity contribution in [1.29, 1.82) is 0 Å². The second kappa shape index (κ2) is 6.63. The van der Waals surface area contributed by atoms with Gasteiger partial charge in [0, 0.05) is 6.42 Å². The minimum Gasteiger partial charge on any atom is -0.480 e. The SMILES string of the molecule is CCCc1nc2ccccc2n1Cc1nc2ccccc2n1CC(=O)O. The van der Waals surface area contributed by atoms with E-state index in [2.05, 4.69) is 11.5 Å². The fourth-order valence-corrected chi connectivity index (χ4v) is 3.42. The van der Waals surface area contributed by atoms with E-state index in [0.717, 1.165) is 46.6 Å². The summed E-state index contributed by atoms with van der Waals surface area (Å²) in [7, 11) is 0. The van der Waals surface area contributed by atoms with Gasteiger partial charge in [-0.15, -0.1) is 0 Å². The monoisotopic (exact) mass is 348 g/mol. The Morgan fingerprint density at radius 2 is 1.50 bits per heavy atom. The number of aromatic nitrogens is 4. The highest BCUT2D eigenvalue weighted by atomic mass is 16.4. The van der Waals surface area contributed by atoms with Crippen molar-refractivity contribution in [1.82, 2.24) is 19.1 Å². The summed E-state index contributed by atoms with van der Waals surface area (Å²) in [5.74, 6) is 0.857. The molecule has 26 heavy (non-hydrogen) atoms. The van der Waals surface area contributed by atoms with Crippen molar-refractivity contribution < 1.29 is 9.90 Å². The number of fused-ring (bicyclic) bond motifs is 2. The summed E-state index contributed by atoms with van der Waals surface area (Å²) in [5.41, 5.74) is 3.65. The van der Waals surface area contributed by atoms with Crippen molar-refractivity contribution in [2.24, 2.45) is 0 Å². The van der Waals surface area contributed by atoms with Gasteiger partial charge in [-0.3, -0.25) is 4.79 Å². The standard InChI is InChI=1S/C20H20N4O2/c1-2-7-18-21-14-8-3-5-10-16(14)23(18)12-19-22-15-9-4-6-11-17(15)24(19)13-20(25)26/h3-6,8-11H,2,7,12-13H2,1H3,(H,25,26). The van der Waals surface area contributed by atoms with E-state index >= 15 is 0 Å². The van der Waals surface area contributed by atoms with Crippen LogP contribution in [0.5, 0.6) is 0 Å². The summed E-state index contributed by atoms with van der Waals surface area (Å²) in [6, 6.07) is 15.7. The highest BCUT2D eigenvalue weighted by Gasteiger charge is 2.16. The molecule has 4 rings (SSSR count). The highest BCUT2D eigenvalue weighted by Crippen LogP contribution is 2.21. The maximum Gasteiger partial charge on any atom is 0.323 e. The number of carboxylic acids is 1. The second-order valence-electron chi connectivity index (χ2n) is 6.35. The zero-order valence-electron chi connectivity index (χ0n) is 14.6. The largest absolute Gasteiger partial charge is 0.480 e. The van der Waals surface area contributed by atoms with Gasteiger partial charge in [0.15, 0.2) is 0 Å². The normalized spacial score (nSPS) is 11.4. The van der Waals surface area contributed by atoms with Gasteiger partial charge in [0.25, 0.3) is 0 Å². The van der Waals surface area contributed by atoms with Crippen LogP contribution >= 0.6 is 0 Å². The summed E-state index contributed by atoms with van der Waals surface area (Å²) in [6.07, 6.45) is 1.86. The van der Waals surface area contributed by atoms with Crippen molar-refractivity contribution in [2.45, 2.75) is 32.9 Å². The molecule has 0 saturated heterocycles. The number of aryl methyl sites for hydroxylation is 1. The molecule has 0 spiro atoms. The van der Waals surface area contributed by atoms with Crippen molar-refractivity contribution in [2.75, 3.05) is 0 Å². The van der Waals surface area contributed by atoms with Crippen LogP contribution < -0.4 is 0 Å². The summed E-state index contributed by atoms with van der Waals surface area (Å²) >= 11 is 0. The van der Waals surface area contributed by atoms with Gasteiger partial charge >= 0.3 is 5.97 Å². The van der Waals surface area contributed by atoms with Crippen LogP contribution in [-0.4, -0.2) is 30.2 Å². The zero-order valence-corrected chi connectivity index (χ0v) is 14.6. The van der Waals surface area contributed by atoms with Crippen LogP contribution in [0.4, 0.5) is 0 Å². The topological polar surface area (TPSA) is 72.9 Å². The Hall–Kier alpha value is -3.15. The molecule has 132 valence electrons. The van der Waals surface area contributed by atoms with E-state index < -0.39 is 5.97 Å². The van der Waals surface area contributed by atoms with E-state index in [1.165, 1.54) is 0 Å². The predicted octanol–water partition coefficient (Wildman–Crippen LogP) is 3.47. The molecule has 6 heteroatoms. The third kappa shape index (κ3) is 2.83. The van der Waals surface area contributed by atoms with Gasteiger partial charge in [0.1, 0.15) is 18.2 Å². The number of carbonyl (C=O) groups is 1. The van der Waals surface area contributed by atoms with Crippen molar-refractivity contribution in [3.8, 4) is 0 Å². The third-order valence-corrected chi connectivity index (χ3v) is 4.53. The van der Waals surface area contributed by atoms with Crippen LogP contribution in [0.1, 0.15) is 25.0 Å². The number of hydrogen-bond donors (Lipinski definition) is 1. The average molecular weight is 348 g/mol. The first-order valence-electron chi connectivity index (χ1n) is 8.77. The number of benzene rings is 2. The first-order chi connectivity index (χ1) is 12.7. The molecule has 0 saturated carbocycles. The summed E-state index contributed by atoms with van der Waals surface area (Å²) in [6.45, 7) is 2.52. The summed E-state index contributed by atoms with van der Waals surface area (Å²) in [5, 5.41) is 9.34.